The van der Waals surface area contributed by atoms with E-state index in [4.69, 9.17) is 11.6 Å². The van der Waals surface area contributed by atoms with Crippen LogP contribution < -0.4 is 10.9 Å². The SMILES string of the molecule is Cc1nn(C)c(C)c1[C@H](C)NC(=O)c1c[nH]c(=O)c(Cl)c1. The summed E-state index contributed by atoms with van der Waals surface area (Å²) in [6.07, 6.45) is 1.35. The molecule has 112 valence electrons. The summed E-state index contributed by atoms with van der Waals surface area (Å²) >= 11 is 5.73. The standard InChI is InChI=1S/C14H17ClN4O2/c1-7(12-8(2)18-19(4)9(12)3)17-13(20)10-5-11(15)14(21)16-6-10/h5-7H,1-4H3,(H,16,21)(H,17,20)/t7-/m0/s1. The minimum atomic E-state index is -0.416. The lowest BCUT2D eigenvalue weighted by Crippen LogP contribution is -2.28. The van der Waals surface area contributed by atoms with Gasteiger partial charge in [-0.15, -0.1) is 0 Å². The number of amides is 1. The summed E-state index contributed by atoms with van der Waals surface area (Å²) in [5.41, 5.74) is 2.76. The summed E-state index contributed by atoms with van der Waals surface area (Å²) in [4.78, 5) is 25.8. The van der Waals surface area contributed by atoms with E-state index in [1.54, 1.807) is 4.68 Å². The molecule has 2 aromatic heterocycles. The van der Waals surface area contributed by atoms with Gasteiger partial charge in [-0.05, 0) is 26.8 Å². The lowest BCUT2D eigenvalue weighted by atomic mass is 10.1. The Morgan fingerprint density at radius 2 is 2.14 bits per heavy atom. The Kier molecular flexibility index (Phi) is 4.18. The molecule has 2 aromatic rings. The van der Waals surface area contributed by atoms with Crippen LogP contribution in [0, 0.1) is 13.8 Å². The van der Waals surface area contributed by atoms with E-state index in [0.717, 1.165) is 17.0 Å². The minimum absolute atomic E-state index is 0.0101. The number of pyridine rings is 1. The van der Waals surface area contributed by atoms with Crippen molar-refractivity contribution in [2.75, 3.05) is 0 Å². The van der Waals surface area contributed by atoms with Gasteiger partial charge in [0.25, 0.3) is 11.5 Å². The predicted octanol–water partition coefficient (Wildman–Crippen LogP) is 1.87. The van der Waals surface area contributed by atoms with E-state index in [1.807, 2.05) is 27.8 Å². The third kappa shape index (κ3) is 3.00. The van der Waals surface area contributed by atoms with Crippen molar-refractivity contribution in [2.45, 2.75) is 26.8 Å². The van der Waals surface area contributed by atoms with E-state index < -0.39 is 5.56 Å². The highest BCUT2D eigenvalue weighted by Crippen LogP contribution is 2.21. The number of nitrogens with zero attached hydrogens (tertiary/aromatic N) is 2. The zero-order chi connectivity index (χ0) is 15.7. The molecule has 0 saturated heterocycles. The third-order valence-corrected chi connectivity index (χ3v) is 3.75. The van der Waals surface area contributed by atoms with E-state index >= 15 is 0 Å². The van der Waals surface area contributed by atoms with Crippen molar-refractivity contribution in [1.29, 1.82) is 0 Å². The van der Waals surface area contributed by atoms with Crippen molar-refractivity contribution in [3.8, 4) is 0 Å². The second-order valence-corrected chi connectivity index (χ2v) is 5.38. The van der Waals surface area contributed by atoms with Gasteiger partial charge in [-0.25, -0.2) is 0 Å². The molecule has 0 aliphatic heterocycles. The maximum Gasteiger partial charge on any atom is 0.266 e. The lowest BCUT2D eigenvalue weighted by Gasteiger charge is -2.15. The van der Waals surface area contributed by atoms with Crippen molar-refractivity contribution in [1.82, 2.24) is 20.1 Å². The van der Waals surface area contributed by atoms with E-state index in [1.165, 1.54) is 12.3 Å². The van der Waals surface area contributed by atoms with E-state index in [0.29, 0.717) is 5.56 Å². The first kappa shape index (κ1) is 15.3. The van der Waals surface area contributed by atoms with Crippen LogP contribution in [0.3, 0.4) is 0 Å². The molecule has 1 atom stereocenters. The number of hydrogen-bond acceptors (Lipinski definition) is 3. The monoisotopic (exact) mass is 308 g/mol. The Bertz CT molecular complexity index is 748. The number of carbonyl (C=O) groups is 1. The van der Waals surface area contributed by atoms with Gasteiger partial charge in [0.05, 0.1) is 17.3 Å². The summed E-state index contributed by atoms with van der Waals surface area (Å²) in [7, 11) is 1.86. The molecular weight excluding hydrogens is 292 g/mol. The number of aromatic amines is 1. The van der Waals surface area contributed by atoms with Crippen LogP contribution in [0.4, 0.5) is 0 Å². The molecule has 21 heavy (non-hydrogen) atoms. The number of nitrogens with one attached hydrogen (secondary N) is 2. The van der Waals surface area contributed by atoms with Gasteiger partial charge in [0, 0.05) is 24.5 Å². The van der Waals surface area contributed by atoms with E-state index in [-0.39, 0.29) is 17.0 Å². The molecule has 0 fully saturated rings. The summed E-state index contributed by atoms with van der Waals surface area (Å²) in [5.74, 6) is -0.302. The summed E-state index contributed by atoms with van der Waals surface area (Å²) < 4.78 is 1.78. The average Bonchev–Trinajstić information content (AvgIpc) is 2.66. The van der Waals surface area contributed by atoms with Gasteiger partial charge in [-0.1, -0.05) is 11.6 Å². The quantitative estimate of drug-likeness (QED) is 0.908. The fourth-order valence-corrected chi connectivity index (χ4v) is 2.53. The van der Waals surface area contributed by atoms with Crippen LogP contribution in [-0.4, -0.2) is 20.7 Å². The van der Waals surface area contributed by atoms with E-state index in [2.05, 4.69) is 15.4 Å². The number of carbonyl (C=O) groups excluding carboxylic acids is 1. The Balaban J connectivity index is 2.22. The number of H-pyrrole nitrogens is 1. The third-order valence-electron chi connectivity index (χ3n) is 3.47. The zero-order valence-corrected chi connectivity index (χ0v) is 13.1. The number of halogens is 1. The van der Waals surface area contributed by atoms with Crippen LogP contribution in [0.1, 0.15) is 40.3 Å². The topological polar surface area (TPSA) is 79.8 Å². The van der Waals surface area contributed by atoms with Gasteiger partial charge in [0.15, 0.2) is 0 Å². The molecule has 0 unspecified atom stereocenters. The van der Waals surface area contributed by atoms with Crippen molar-refractivity contribution in [2.24, 2.45) is 7.05 Å². The summed E-state index contributed by atoms with van der Waals surface area (Å²) in [6.45, 7) is 5.75. The van der Waals surface area contributed by atoms with Gasteiger partial charge >= 0.3 is 0 Å². The highest BCUT2D eigenvalue weighted by atomic mass is 35.5. The maximum atomic E-state index is 12.2. The molecule has 2 N–H and O–H groups in total. The van der Waals surface area contributed by atoms with Gasteiger partial charge in [0.1, 0.15) is 5.02 Å². The number of rotatable bonds is 3. The Labute approximate surface area is 127 Å². The predicted molar refractivity (Wildman–Crippen MR) is 80.6 cm³/mol. The fourth-order valence-electron chi connectivity index (χ4n) is 2.36. The van der Waals surface area contributed by atoms with Gasteiger partial charge in [0.2, 0.25) is 0 Å². The molecule has 0 spiro atoms. The molecule has 0 aliphatic rings. The van der Waals surface area contributed by atoms with Crippen LogP contribution >= 0.6 is 11.6 Å². The molecule has 6 nitrogen and oxygen atoms in total. The van der Waals surface area contributed by atoms with Crippen LogP contribution in [0.5, 0.6) is 0 Å². The smallest absolute Gasteiger partial charge is 0.266 e. The van der Waals surface area contributed by atoms with E-state index in [9.17, 15) is 9.59 Å². The number of aryl methyl sites for hydroxylation is 2. The fraction of sp³-hybridized carbons (Fsp3) is 0.357. The van der Waals surface area contributed by atoms with Crippen molar-refractivity contribution in [3.05, 3.63) is 50.2 Å². The largest absolute Gasteiger partial charge is 0.345 e. The molecular formula is C14H17ClN4O2. The molecule has 0 saturated carbocycles. The molecule has 0 radical (unpaired) electrons. The first-order valence-corrected chi connectivity index (χ1v) is 6.88. The lowest BCUT2D eigenvalue weighted by molar-refractivity contribution is 0.0939. The highest BCUT2D eigenvalue weighted by Gasteiger charge is 2.19. The second kappa shape index (κ2) is 5.73. The Morgan fingerprint density at radius 3 is 2.67 bits per heavy atom. The molecule has 1 amide bonds. The van der Waals surface area contributed by atoms with Crippen molar-refractivity contribution >= 4 is 17.5 Å². The molecule has 0 aromatic carbocycles. The van der Waals surface area contributed by atoms with Crippen LogP contribution in [0.25, 0.3) is 0 Å². The number of aromatic nitrogens is 3. The minimum Gasteiger partial charge on any atom is -0.345 e. The molecule has 2 heterocycles. The zero-order valence-electron chi connectivity index (χ0n) is 12.3. The number of hydrogen-bond donors (Lipinski definition) is 2. The highest BCUT2D eigenvalue weighted by molar-refractivity contribution is 6.30. The van der Waals surface area contributed by atoms with Crippen molar-refractivity contribution in [3.63, 3.8) is 0 Å². The van der Waals surface area contributed by atoms with Crippen LogP contribution in [-0.2, 0) is 7.05 Å². The Hall–Kier alpha value is -2.08. The summed E-state index contributed by atoms with van der Waals surface area (Å²) in [5, 5.41) is 7.21. The summed E-state index contributed by atoms with van der Waals surface area (Å²) in [6, 6.07) is 1.16. The molecule has 0 aliphatic carbocycles. The Morgan fingerprint density at radius 1 is 1.48 bits per heavy atom. The normalized spacial score (nSPS) is 12.2. The average molecular weight is 309 g/mol. The molecule has 2 rings (SSSR count). The van der Waals surface area contributed by atoms with Gasteiger partial charge < -0.3 is 10.3 Å². The first-order valence-electron chi connectivity index (χ1n) is 6.50. The van der Waals surface area contributed by atoms with Gasteiger partial charge in [-0.2, -0.15) is 5.10 Å². The van der Waals surface area contributed by atoms with Crippen LogP contribution in [0.15, 0.2) is 17.1 Å². The maximum absolute atomic E-state index is 12.2. The molecule has 7 heteroatoms. The van der Waals surface area contributed by atoms with Crippen LogP contribution in [0.2, 0.25) is 5.02 Å². The molecule has 0 bridgehead atoms. The first-order chi connectivity index (χ1) is 9.81. The van der Waals surface area contributed by atoms with Crippen molar-refractivity contribution < 1.29 is 4.79 Å². The van der Waals surface area contributed by atoms with Gasteiger partial charge in [-0.3, -0.25) is 14.3 Å². The second-order valence-electron chi connectivity index (χ2n) is 4.97.